The van der Waals surface area contributed by atoms with Crippen LogP contribution in [-0.2, 0) is 27.7 Å². The number of fused-ring (bicyclic) bond motifs is 2. The molecule has 10 heteroatoms. The molecule has 0 spiro atoms. The van der Waals surface area contributed by atoms with Gasteiger partial charge in [0.15, 0.2) is 5.75 Å². The summed E-state index contributed by atoms with van der Waals surface area (Å²) in [5.41, 5.74) is 2.51. The van der Waals surface area contributed by atoms with Gasteiger partial charge in [0, 0.05) is 24.1 Å². The highest BCUT2D eigenvalue weighted by atomic mass is 32.2. The van der Waals surface area contributed by atoms with Gasteiger partial charge in [-0.05, 0) is 49.2 Å². The topological polar surface area (TPSA) is 108 Å². The second kappa shape index (κ2) is 10.1. The van der Waals surface area contributed by atoms with Gasteiger partial charge in [-0.1, -0.05) is 24.3 Å². The molecule has 0 amide bonds. The molecular formula is C27H23FN2O6S. The number of nitrogens with one attached hydrogen (secondary N) is 1. The number of anilines is 1. The van der Waals surface area contributed by atoms with Gasteiger partial charge in [-0.3, -0.25) is 9.52 Å². The average molecular weight is 523 g/mol. The van der Waals surface area contributed by atoms with Gasteiger partial charge >= 0.3 is 5.97 Å². The maximum absolute atomic E-state index is 13.7. The van der Waals surface area contributed by atoms with Crippen LogP contribution in [0, 0.1) is 12.7 Å². The number of sulfonamides is 1. The Kier molecular flexibility index (Phi) is 6.66. The standard InChI is InChI=1S/C27H23FN2O6S/c1-17-22(29-27(35-17)19-5-3-2-4-6-19)13-14-34-21-10-7-18-8-12-26(31)36-24-15-20(28)9-11-25(24)37(32,33)30-23(18)16-21/h2-7,9-11,15-16,30H,8,12-14H2,1H3. The number of hydrogen-bond acceptors (Lipinski definition) is 7. The zero-order valence-electron chi connectivity index (χ0n) is 19.9. The van der Waals surface area contributed by atoms with E-state index in [1.807, 2.05) is 37.3 Å². The van der Waals surface area contributed by atoms with Gasteiger partial charge in [0.25, 0.3) is 10.0 Å². The fourth-order valence-electron chi connectivity index (χ4n) is 3.98. The van der Waals surface area contributed by atoms with Crippen molar-refractivity contribution >= 4 is 21.7 Å². The van der Waals surface area contributed by atoms with Crippen molar-refractivity contribution in [3.63, 3.8) is 0 Å². The monoisotopic (exact) mass is 522 g/mol. The van der Waals surface area contributed by atoms with Crippen molar-refractivity contribution in [2.75, 3.05) is 11.3 Å². The first kappa shape index (κ1) is 24.5. The number of carbonyl (C=O) groups is 1. The van der Waals surface area contributed by atoms with E-state index in [4.69, 9.17) is 13.9 Å². The smallest absolute Gasteiger partial charge is 0.311 e. The summed E-state index contributed by atoms with van der Waals surface area (Å²) in [5.74, 6) is -0.0609. The molecule has 0 unspecified atom stereocenters. The summed E-state index contributed by atoms with van der Waals surface area (Å²) in [6.45, 7) is 2.12. The molecule has 37 heavy (non-hydrogen) atoms. The number of oxazole rings is 1. The summed E-state index contributed by atoms with van der Waals surface area (Å²) in [4.78, 5) is 16.5. The molecule has 1 N–H and O–H groups in total. The number of carbonyl (C=O) groups excluding carboxylic acids is 1. The predicted molar refractivity (Wildman–Crippen MR) is 133 cm³/mol. The first-order valence-corrected chi connectivity index (χ1v) is 13.1. The zero-order valence-corrected chi connectivity index (χ0v) is 20.7. The summed E-state index contributed by atoms with van der Waals surface area (Å²) in [6, 6.07) is 17.5. The van der Waals surface area contributed by atoms with Gasteiger partial charge in [0.2, 0.25) is 5.89 Å². The molecule has 0 atom stereocenters. The van der Waals surface area contributed by atoms with Crippen LogP contribution in [-0.4, -0.2) is 26.0 Å². The Morgan fingerprint density at radius 2 is 1.86 bits per heavy atom. The number of esters is 1. The van der Waals surface area contributed by atoms with Gasteiger partial charge in [-0.25, -0.2) is 17.8 Å². The van der Waals surface area contributed by atoms with Crippen molar-refractivity contribution in [1.82, 2.24) is 4.98 Å². The summed E-state index contributed by atoms with van der Waals surface area (Å²) >= 11 is 0. The Bertz CT molecular complexity index is 1570. The van der Waals surface area contributed by atoms with Crippen molar-refractivity contribution in [2.24, 2.45) is 0 Å². The SMILES string of the molecule is Cc1oc(-c2ccccc2)nc1CCOc1ccc2c(c1)NS(=O)(=O)c1ccc(F)cc1OC(=O)CC2. The van der Waals surface area contributed by atoms with E-state index in [0.717, 1.165) is 29.5 Å². The van der Waals surface area contributed by atoms with Crippen LogP contribution in [0.1, 0.15) is 23.4 Å². The first-order valence-electron chi connectivity index (χ1n) is 11.6. The lowest BCUT2D eigenvalue weighted by molar-refractivity contribution is -0.134. The number of rotatable bonds is 5. The number of ether oxygens (including phenoxy) is 2. The van der Waals surface area contributed by atoms with Crippen molar-refractivity contribution in [1.29, 1.82) is 0 Å². The minimum atomic E-state index is -4.18. The molecule has 0 bridgehead atoms. The first-order chi connectivity index (χ1) is 17.8. The van der Waals surface area contributed by atoms with Crippen LogP contribution < -0.4 is 14.2 Å². The third-order valence-corrected chi connectivity index (χ3v) is 7.27. The average Bonchev–Trinajstić information content (AvgIpc) is 3.23. The molecule has 4 aromatic rings. The maximum atomic E-state index is 13.7. The van der Waals surface area contributed by atoms with Crippen LogP contribution >= 0.6 is 0 Å². The van der Waals surface area contributed by atoms with Crippen molar-refractivity contribution in [3.8, 4) is 23.0 Å². The second-order valence-corrected chi connectivity index (χ2v) is 10.1. The zero-order chi connectivity index (χ0) is 26.0. The lowest BCUT2D eigenvalue weighted by atomic mass is 10.1. The maximum Gasteiger partial charge on any atom is 0.311 e. The van der Waals surface area contributed by atoms with Crippen molar-refractivity contribution < 1.29 is 31.5 Å². The molecule has 8 nitrogen and oxygen atoms in total. The highest BCUT2D eigenvalue weighted by Gasteiger charge is 2.25. The normalized spacial score (nSPS) is 14.6. The van der Waals surface area contributed by atoms with Gasteiger partial charge in [0.1, 0.15) is 22.2 Å². The van der Waals surface area contributed by atoms with Crippen LogP contribution in [0.2, 0.25) is 0 Å². The van der Waals surface area contributed by atoms with Crippen LogP contribution in [0.5, 0.6) is 11.5 Å². The molecule has 2 heterocycles. The molecule has 0 aliphatic carbocycles. The van der Waals surface area contributed by atoms with Crippen LogP contribution in [0.3, 0.4) is 0 Å². The molecule has 0 saturated heterocycles. The molecule has 3 aromatic carbocycles. The fourth-order valence-corrected chi connectivity index (χ4v) is 5.18. The number of nitrogens with zero attached hydrogens (tertiary/aromatic N) is 1. The largest absolute Gasteiger partial charge is 0.493 e. The number of aromatic nitrogens is 1. The molecule has 5 rings (SSSR count). The molecule has 1 aliphatic rings. The highest BCUT2D eigenvalue weighted by Crippen LogP contribution is 2.32. The lowest BCUT2D eigenvalue weighted by Gasteiger charge is -2.18. The third kappa shape index (κ3) is 5.49. The number of hydrogen-bond donors (Lipinski definition) is 1. The van der Waals surface area contributed by atoms with Gasteiger partial charge < -0.3 is 13.9 Å². The van der Waals surface area contributed by atoms with E-state index in [1.54, 1.807) is 18.2 Å². The van der Waals surface area contributed by atoms with Gasteiger partial charge in [-0.15, -0.1) is 0 Å². The lowest BCUT2D eigenvalue weighted by Crippen LogP contribution is -2.20. The summed E-state index contributed by atoms with van der Waals surface area (Å²) in [7, 11) is -4.18. The number of halogens is 1. The molecule has 190 valence electrons. The minimum Gasteiger partial charge on any atom is -0.493 e. The molecule has 1 aliphatic heterocycles. The highest BCUT2D eigenvalue weighted by molar-refractivity contribution is 7.92. The molecule has 0 radical (unpaired) electrons. The summed E-state index contributed by atoms with van der Waals surface area (Å²) in [6.07, 6.45) is 0.692. The molecule has 0 fully saturated rings. The Morgan fingerprint density at radius 3 is 2.68 bits per heavy atom. The Hall–Kier alpha value is -4.18. The van der Waals surface area contributed by atoms with Gasteiger partial charge in [-0.2, -0.15) is 0 Å². The molecule has 1 aromatic heterocycles. The quantitative estimate of drug-likeness (QED) is 0.288. The van der Waals surface area contributed by atoms with Gasteiger partial charge in [0.05, 0.1) is 24.4 Å². The van der Waals surface area contributed by atoms with E-state index in [1.165, 1.54) is 0 Å². The van der Waals surface area contributed by atoms with Crippen molar-refractivity contribution in [3.05, 3.63) is 89.6 Å². The van der Waals surface area contributed by atoms with Crippen LogP contribution in [0.25, 0.3) is 11.5 Å². The Labute approximate surface area is 213 Å². The van der Waals surface area contributed by atoms with E-state index < -0.39 is 21.8 Å². The Balaban J connectivity index is 1.34. The van der Waals surface area contributed by atoms with E-state index in [-0.39, 0.29) is 35.8 Å². The predicted octanol–water partition coefficient (Wildman–Crippen LogP) is 5.06. The van der Waals surface area contributed by atoms with Crippen molar-refractivity contribution in [2.45, 2.75) is 31.1 Å². The van der Waals surface area contributed by atoms with E-state index >= 15 is 0 Å². The second-order valence-electron chi connectivity index (χ2n) is 8.48. The van der Waals surface area contributed by atoms with Crippen LogP contribution in [0.15, 0.2) is 76.0 Å². The molecule has 0 saturated carbocycles. The number of aryl methyl sites for hydroxylation is 2. The number of benzene rings is 3. The van der Waals surface area contributed by atoms with E-state index in [9.17, 15) is 17.6 Å². The minimum absolute atomic E-state index is 0.0138. The van der Waals surface area contributed by atoms with Crippen LogP contribution in [0.4, 0.5) is 10.1 Å². The van der Waals surface area contributed by atoms with E-state index in [0.29, 0.717) is 29.4 Å². The molecular weight excluding hydrogens is 499 g/mol. The summed E-state index contributed by atoms with van der Waals surface area (Å²) in [5, 5.41) is 0. The Morgan fingerprint density at radius 1 is 1.05 bits per heavy atom. The summed E-state index contributed by atoms with van der Waals surface area (Å²) < 4.78 is 59.2. The third-order valence-electron chi connectivity index (χ3n) is 5.86. The fraction of sp³-hybridized carbons (Fsp3) is 0.185. The van der Waals surface area contributed by atoms with E-state index in [2.05, 4.69) is 9.71 Å².